The minimum Gasteiger partial charge on any atom is -0.340 e. The third-order valence-electron chi connectivity index (χ3n) is 5.53. The molecule has 166 valence electrons. The van der Waals surface area contributed by atoms with E-state index in [0.29, 0.717) is 43.7 Å². The van der Waals surface area contributed by atoms with Crippen LogP contribution in [-0.2, 0) is 14.8 Å². The lowest BCUT2D eigenvalue weighted by Crippen LogP contribution is -2.53. The first kappa shape index (κ1) is 26.1. The van der Waals surface area contributed by atoms with Crippen LogP contribution >= 0.6 is 24.8 Å². The number of piperidine rings is 1. The van der Waals surface area contributed by atoms with Gasteiger partial charge in [-0.05, 0) is 38.9 Å². The van der Waals surface area contributed by atoms with Crippen LogP contribution in [-0.4, -0.2) is 87.3 Å². The Morgan fingerprint density at radius 1 is 1.07 bits per heavy atom. The molecular weight excluding hydrogens is 435 g/mol. The molecule has 1 aromatic carbocycles. The lowest BCUT2D eigenvalue weighted by atomic mass is 10.1. The predicted octanol–water partition coefficient (Wildman–Crippen LogP) is 1.36. The van der Waals surface area contributed by atoms with Gasteiger partial charge in [0.1, 0.15) is 0 Å². The molecule has 1 amide bonds. The van der Waals surface area contributed by atoms with Gasteiger partial charge in [-0.2, -0.15) is 4.31 Å². The number of hydrogen-bond donors (Lipinski definition) is 1. The molecule has 0 saturated carbocycles. The second kappa shape index (κ2) is 11.5. The van der Waals surface area contributed by atoms with E-state index in [1.807, 2.05) is 31.0 Å². The maximum absolute atomic E-state index is 12.8. The van der Waals surface area contributed by atoms with Gasteiger partial charge in [-0.3, -0.25) is 9.69 Å². The van der Waals surface area contributed by atoms with Crippen LogP contribution in [0.5, 0.6) is 0 Å². The van der Waals surface area contributed by atoms with E-state index >= 15 is 0 Å². The molecule has 2 fully saturated rings. The molecule has 2 aliphatic heterocycles. The third kappa shape index (κ3) is 6.54. The normalized spacial score (nSPS) is 21.2. The molecular formula is C19H32Cl2N4O3S. The van der Waals surface area contributed by atoms with E-state index < -0.39 is 10.0 Å². The van der Waals surface area contributed by atoms with Gasteiger partial charge in [-0.25, -0.2) is 8.42 Å². The van der Waals surface area contributed by atoms with Gasteiger partial charge >= 0.3 is 0 Å². The summed E-state index contributed by atoms with van der Waals surface area (Å²) in [5.41, 5.74) is 1.04. The third-order valence-corrected chi connectivity index (χ3v) is 7.44. The number of likely N-dealkylation sites (tertiary alicyclic amines) is 1. The fourth-order valence-corrected chi connectivity index (χ4v) is 5.14. The average Bonchev–Trinajstić information content (AvgIpc) is 2.69. The van der Waals surface area contributed by atoms with E-state index in [4.69, 9.17) is 0 Å². The van der Waals surface area contributed by atoms with Gasteiger partial charge in [-0.1, -0.05) is 17.7 Å². The molecule has 1 unspecified atom stereocenters. The second-order valence-electron chi connectivity index (χ2n) is 7.46. The molecule has 29 heavy (non-hydrogen) atoms. The quantitative estimate of drug-likeness (QED) is 0.708. The fraction of sp³-hybridized carbons (Fsp3) is 0.632. The van der Waals surface area contributed by atoms with Crippen LogP contribution < -0.4 is 5.32 Å². The van der Waals surface area contributed by atoms with Crippen LogP contribution in [0.3, 0.4) is 0 Å². The lowest BCUT2D eigenvalue weighted by Gasteiger charge is -2.37. The van der Waals surface area contributed by atoms with Gasteiger partial charge in [0, 0.05) is 45.3 Å². The highest BCUT2D eigenvalue weighted by Crippen LogP contribution is 2.18. The summed E-state index contributed by atoms with van der Waals surface area (Å²) in [6, 6.07) is 7.33. The number of nitrogens with one attached hydrogen (secondary N) is 1. The first-order chi connectivity index (χ1) is 12.9. The van der Waals surface area contributed by atoms with Gasteiger partial charge in [0.05, 0.1) is 11.4 Å². The molecule has 0 spiro atoms. The topological polar surface area (TPSA) is 73.0 Å². The lowest BCUT2D eigenvalue weighted by molar-refractivity contribution is -0.134. The summed E-state index contributed by atoms with van der Waals surface area (Å²) in [5, 5.41) is 3.25. The van der Waals surface area contributed by atoms with Crippen molar-refractivity contribution in [2.45, 2.75) is 30.7 Å². The van der Waals surface area contributed by atoms with Crippen molar-refractivity contribution in [1.82, 2.24) is 19.4 Å². The number of piperazine rings is 1. The van der Waals surface area contributed by atoms with Crippen molar-refractivity contribution in [3.05, 3.63) is 29.8 Å². The average molecular weight is 467 g/mol. The van der Waals surface area contributed by atoms with Crippen molar-refractivity contribution in [3.8, 4) is 0 Å². The highest BCUT2D eigenvalue weighted by molar-refractivity contribution is 7.89. The minimum absolute atomic E-state index is 0. The smallest absolute Gasteiger partial charge is 0.243 e. The Kier molecular flexibility index (Phi) is 10.3. The number of likely N-dealkylation sites (N-methyl/N-ethyl adjacent to an activating group) is 1. The van der Waals surface area contributed by atoms with E-state index in [1.165, 1.54) is 4.31 Å². The van der Waals surface area contributed by atoms with Crippen LogP contribution in [0.4, 0.5) is 0 Å². The van der Waals surface area contributed by atoms with E-state index in [0.717, 1.165) is 31.5 Å². The van der Waals surface area contributed by atoms with Gasteiger partial charge in [-0.15, -0.1) is 24.8 Å². The van der Waals surface area contributed by atoms with Crippen molar-refractivity contribution in [2.24, 2.45) is 0 Å². The van der Waals surface area contributed by atoms with Gasteiger partial charge in [0.2, 0.25) is 15.9 Å². The Hall–Kier alpha value is -0.900. The number of benzene rings is 1. The van der Waals surface area contributed by atoms with Gasteiger partial charge < -0.3 is 10.2 Å². The van der Waals surface area contributed by atoms with Crippen LogP contribution in [0.15, 0.2) is 29.2 Å². The number of amides is 1. The van der Waals surface area contributed by atoms with E-state index in [1.54, 1.807) is 12.1 Å². The highest BCUT2D eigenvalue weighted by Gasteiger charge is 2.30. The van der Waals surface area contributed by atoms with Crippen LogP contribution in [0.2, 0.25) is 0 Å². The zero-order chi connectivity index (χ0) is 19.4. The molecule has 3 rings (SSSR count). The summed E-state index contributed by atoms with van der Waals surface area (Å²) in [6.07, 6.45) is 2.13. The molecule has 1 aromatic rings. The van der Waals surface area contributed by atoms with Crippen LogP contribution in [0, 0.1) is 6.92 Å². The monoisotopic (exact) mass is 466 g/mol. The predicted molar refractivity (Wildman–Crippen MR) is 120 cm³/mol. The molecule has 2 saturated heterocycles. The Bertz CT molecular complexity index is 753. The zero-order valence-electron chi connectivity index (χ0n) is 17.0. The summed E-state index contributed by atoms with van der Waals surface area (Å²) >= 11 is 0. The zero-order valence-corrected chi connectivity index (χ0v) is 19.5. The molecule has 2 heterocycles. The Morgan fingerprint density at radius 3 is 2.28 bits per heavy atom. The number of nitrogens with zero attached hydrogens (tertiary/aromatic N) is 3. The van der Waals surface area contributed by atoms with Crippen molar-refractivity contribution >= 4 is 40.7 Å². The van der Waals surface area contributed by atoms with E-state index in [2.05, 4.69) is 10.2 Å². The van der Waals surface area contributed by atoms with Crippen molar-refractivity contribution in [3.63, 3.8) is 0 Å². The van der Waals surface area contributed by atoms with Crippen LogP contribution in [0.1, 0.15) is 18.4 Å². The summed E-state index contributed by atoms with van der Waals surface area (Å²) in [7, 11) is -1.52. The highest BCUT2D eigenvalue weighted by atomic mass is 35.5. The Morgan fingerprint density at radius 2 is 1.69 bits per heavy atom. The molecule has 0 bridgehead atoms. The standard InChI is InChI=1S/C19H30N4O3S.2ClH/c1-16-5-7-18(8-6-16)27(25,26)23-12-10-21(11-13-23)15-19(24)22-9-3-4-17(14-22)20-2;;/h5-8,17,20H,3-4,9-15H2,1-2H3;2*1H. The number of carbonyl (C=O) groups is 1. The first-order valence-corrected chi connectivity index (χ1v) is 11.1. The Labute approximate surface area is 186 Å². The van der Waals surface area contributed by atoms with Crippen molar-refractivity contribution in [2.75, 3.05) is 52.9 Å². The molecule has 7 nitrogen and oxygen atoms in total. The summed E-state index contributed by atoms with van der Waals surface area (Å²) in [5.74, 6) is 0.143. The number of hydrogen-bond acceptors (Lipinski definition) is 5. The molecule has 1 atom stereocenters. The number of rotatable bonds is 5. The molecule has 2 aliphatic rings. The van der Waals surface area contributed by atoms with Gasteiger partial charge in [0.15, 0.2) is 0 Å². The molecule has 10 heteroatoms. The molecule has 0 aromatic heterocycles. The second-order valence-corrected chi connectivity index (χ2v) is 9.40. The SMILES string of the molecule is CNC1CCCN(C(=O)CN2CCN(S(=O)(=O)c3ccc(C)cc3)CC2)C1.Cl.Cl. The fourth-order valence-electron chi connectivity index (χ4n) is 3.72. The van der Waals surface area contributed by atoms with Crippen LogP contribution in [0.25, 0.3) is 0 Å². The number of halogens is 2. The molecule has 0 radical (unpaired) electrons. The van der Waals surface area contributed by atoms with Crippen molar-refractivity contribution in [1.29, 1.82) is 0 Å². The first-order valence-electron chi connectivity index (χ1n) is 9.64. The maximum atomic E-state index is 12.8. The summed E-state index contributed by atoms with van der Waals surface area (Å²) in [4.78, 5) is 16.9. The largest absolute Gasteiger partial charge is 0.340 e. The number of carbonyl (C=O) groups excluding carboxylic acids is 1. The van der Waals surface area contributed by atoms with E-state index in [9.17, 15) is 13.2 Å². The summed E-state index contributed by atoms with van der Waals surface area (Å²) < 4.78 is 27.1. The van der Waals surface area contributed by atoms with Gasteiger partial charge in [0.25, 0.3) is 0 Å². The van der Waals surface area contributed by atoms with E-state index in [-0.39, 0.29) is 30.7 Å². The summed E-state index contributed by atoms with van der Waals surface area (Å²) in [6.45, 7) is 5.89. The number of aryl methyl sites for hydroxylation is 1. The minimum atomic E-state index is -3.46. The Balaban J connectivity index is 0.00000210. The maximum Gasteiger partial charge on any atom is 0.243 e. The molecule has 0 aliphatic carbocycles. The molecule has 1 N–H and O–H groups in total. The van der Waals surface area contributed by atoms with Crippen molar-refractivity contribution < 1.29 is 13.2 Å². The number of sulfonamides is 1.